The lowest BCUT2D eigenvalue weighted by molar-refractivity contribution is 0.122. The van der Waals surface area contributed by atoms with Gasteiger partial charge in [-0.3, -0.25) is 4.68 Å². The van der Waals surface area contributed by atoms with E-state index in [1.54, 1.807) is 13.3 Å². The molecule has 20 heavy (non-hydrogen) atoms. The molecule has 2 aliphatic rings. The van der Waals surface area contributed by atoms with E-state index in [0.29, 0.717) is 5.92 Å². The van der Waals surface area contributed by atoms with E-state index in [-0.39, 0.29) is 0 Å². The molecule has 3 unspecified atom stereocenters. The van der Waals surface area contributed by atoms with Crippen molar-refractivity contribution in [3.8, 4) is 5.75 Å². The van der Waals surface area contributed by atoms with Gasteiger partial charge in [-0.1, -0.05) is 6.42 Å². The number of aromatic nitrogens is 2. The average Bonchev–Trinajstić information content (AvgIpc) is 2.81. The number of likely N-dealkylation sites (N-methyl/N-ethyl adjacent to an activating group) is 1. The van der Waals surface area contributed by atoms with Gasteiger partial charge in [0.2, 0.25) is 0 Å². The summed E-state index contributed by atoms with van der Waals surface area (Å²) in [6.07, 6.45) is 5.19. The van der Waals surface area contributed by atoms with Crippen LogP contribution in [0.15, 0.2) is 6.20 Å². The number of aliphatic hydroxyl groups excluding tert-OH is 1. The monoisotopic (exact) mass is 279 g/mol. The summed E-state index contributed by atoms with van der Waals surface area (Å²) >= 11 is 0. The second-order valence-electron chi connectivity index (χ2n) is 6.41. The molecule has 3 atom stereocenters. The maximum atomic E-state index is 10.8. The molecule has 5 heteroatoms. The topological polar surface area (TPSA) is 50.5 Å². The van der Waals surface area contributed by atoms with Crippen LogP contribution >= 0.6 is 0 Å². The van der Waals surface area contributed by atoms with E-state index >= 15 is 0 Å². The van der Waals surface area contributed by atoms with Crippen molar-refractivity contribution < 1.29 is 9.84 Å². The van der Waals surface area contributed by atoms with E-state index in [2.05, 4.69) is 10.00 Å². The third-order valence-corrected chi connectivity index (χ3v) is 4.94. The van der Waals surface area contributed by atoms with Crippen LogP contribution in [-0.2, 0) is 6.54 Å². The zero-order valence-electron chi connectivity index (χ0n) is 12.6. The number of rotatable bonds is 6. The molecule has 2 aliphatic carbocycles. The lowest BCUT2D eigenvalue weighted by atomic mass is 10.0. The number of nitrogens with zero attached hydrogens (tertiary/aromatic N) is 3. The van der Waals surface area contributed by atoms with Gasteiger partial charge in [0, 0.05) is 6.54 Å². The molecule has 0 spiro atoms. The Morgan fingerprint density at radius 1 is 1.45 bits per heavy atom. The number of fused-ring (bicyclic) bond motifs is 1. The molecule has 1 aromatic rings. The van der Waals surface area contributed by atoms with Crippen LogP contribution in [0.4, 0.5) is 0 Å². The minimum absolute atomic E-state index is 0.424. The van der Waals surface area contributed by atoms with Gasteiger partial charge in [-0.05, 0) is 44.7 Å². The van der Waals surface area contributed by atoms with Crippen LogP contribution < -0.4 is 4.74 Å². The van der Waals surface area contributed by atoms with Crippen molar-refractivity contribution in [3.05, 3.63) is 11.9 Å². The van der Waals surface area contributed by atoms with Gasteiger partial charge in [0.15, 0.2) is 5.75 Å². The molecular formula is C15H25N3O2. The fraction of sp³-hybridized carbons (Fsp3) is 0.800. The summed E-state index contributed by atoms with van der Waals surface area (Å²) in [5.41, 5.74) is 0.869. The quantitative estimate of drug-likeness (QED) is 0.858. The van der Waals surface area contributed by atoms with Gasteiger partial charge in [0.25, 0.3) is 0 Å². The van der Waals surface area contributed by atoms with Crippen LogP contribution in [0.5, 0.6) is 5.75 Å². The Morgan fingerprint density at radius 3 is 2.75 bits per heavy atom. The molecule has 0 amide bonds. The SMILES string of the molecule is COc1cnn(CCN(C)C)c1C(O)C1C2CCCC21. The zero-order valence-corrected chi connectivity index (χ0v) is 12.6. The Bertz CT molecular complexity index is 462. The first-order valence-electron chi connectivity index (χ1n) is 7.56. The van der Waals surface area contributed by atoms with E-state index in [1.807, 2.05) is 18.8 Å². The molecular weight excluding hydrogens is 254 g/mol. The highest BCUT2D eigenvalue weighted by Gasteiger charge is 2.56. The highest BCUT2D eigenvalue weighted by molar-refractivity contribution is 5.29. The minimum Gasteiger partial charge on any atom is -0.493 e. The van der Waals surface area contributed by atoms with Crippen LogP contribution in [0.25, 0.3) is 0 Å². The van der Waals surface area contributed by atoms with Gasteiger partial charge >= 0.3 is 0 Å². The fourth-order valence-corrected chi connectivity index (χ4v) is 3.83. The van der Waals surface area contributed by atoms with Gasteiger partial charge in [-0.2, -0.15) is 5.10 Å². The number of hydrogen-bond donors (Lipinski definition) is 1. The normalized spacial score (nSPS) is 29.6. The molecule has 0 aromatic carbocycles. The van der Waals surface area contributed by atoms with Gasteiger partial charge in [-0.15, -0.1) is 0 Å². The predicted octanol–water partition coefficient (Wildman–Crippen LogP) is 1.53. The minimum atomic E-state index is -0.426. The maximum absolute atomic E-state index is 10.8. The first-order valence-corrected chi connectivity index (χ1v) is 7.56. The second-order valence-corrected chi connectivity index (χ2v) is 6.41. The van der Waals surface area contributed by atoms with Gasteiger partial charge in [0.1, 0.15) is 11.8 Å². The largest absolute Gasteiger partial charge is 0.493 e. The predicted molar refractivity (Wildman–Crippen MR) is 76.6 cm³/mol. The first kappa shape index (κ1) is 13.9. The highest BCUT2D eigenvalue weighted by atomic mass is 16.5. The Labute approximate surface area is 120 Å². The number of aliphatic hydroxyl groups is 1. The Morgan fingerprint density at radius 2 is 2.15 bits per heavy atom. The molecule has 1 N–H and O–H groups in total. The van der Waals surface area contributed by atoms with Crippen molar-refractivity contribution in [2.45, 2.75) is 31.9 Å². The highest BCUT2D eigenvalue weighted by Crippen LogP contribution is 2.62. The van der Waals surface area contributed by atoms with Crippen LogP contribution in [0, 0.1) is 17.8 Å². The summed E-state index contributed by atoms with van der Waals surface area (Å²) in [4.78, 5) is 2.12. The lowest BCUT2D eigenvalue weighted by Gasteiger charge is -2.18. The molecule has 0 bridgehead atoms. The van der Waals surface area contributed by atoms with Crippen molar-refractivity contribution in [2.24, 2.45) is 17.8 Å². The molecule has 0 saturated heterocycles. The van der Waals surface area contributed by atoms with Crippen LogP contribution in [0.1, 0.15) is 31.1 Å². The Kier molecular flexibility index (Phi) is 3.73. The summed E-state index contributed by atoms with van der Waals surface area (Å²) in [5, 5.41) is 15.1. The summed E-state index contributed by atoms with van der Waals surface area (Å²) in [5.74, 6) is 2.60. The maximum Gasteiger partial charge on any atom is 0.162 e. The molecule has 2 fully saturated rings. The second kappa shape index (κ2) is 5.37. The van der Waals surface area contributed by atoms with Gasteiger partial charge in [0.05, 0.1) is 19.9 Å². The van der Waals surface area contributed by atoms with E-state index in [4.69, 9.17) is 4.74 Å². The standard InChI is InChI=1S/C15H25N3O2/c1-17(2)7-8-18-14(12(20-3)9-16-18)15(19)13-10-5-4-6-11(10)13/h9-11,13,15,19H,4-8H2,1-3H3. The molecule has 5 nitrogen and oxygen atoms in total. The summed E-state index contributed by atoms with van der Waals surface area (Å²) in [7, 11) is 5.74. The molecule has 112 valence electrons. The van der Waals surface area contributed by atoms with Crippen molar-refractivity contribution in [1.29, 1.82) is 0 Å². The molecule has 1 aromatic heterocycles. The molecule has 0 aliphatic heterocycles. The smallest absolute Gasteiger partial charge is 0.162 e. The number of methoxy groups -OCH3 is 1. The summed E-state index contributed by atoms with van der Waals surface area (Å²) in [6.45, 7) is 1.69. The summed E-state index contributed by atoms with van der Waals surface area (Å²) < 4.78 is 7.31. The third-order valence-electron chi connectivity index (χ3n) is 4.94. The lowest BCUT2D eigenvalue weighted by Crippen LogP contribution is -2.22. The number of ether oxygens (including phenoxy) is 1. The van der Waals surface area contributed by atoms with Crippen molar-refractivity contribution in [1.82, 2.24) is 14.7 Å². The number of hydrogen-bond acceptors (Lipinski definition) is 4. The molecule has 1 heterocycles. The van der Waals surface area contributed by atoms with E-state index in [9.17, 15) is 5.11 Å². The van der Waals surface area contributed by atoms with Crippen molar-refractivity contribution in [3.63, 3.8) is 0 Å². The molecule has 3 rings (SSSR count). The average molecular weight is 279 g/mol. The molecule has 2 saturated carbocycles. The summed E-state index contributed by atoms with van der Waals surface area (Å²) in [6, 6.07) is 0. The van der Waals surface area contributed by atoms with Gasteiger partial charge < -0.3 is 14.7 Å². The van der Waals surface area contributed by atoms with E-state index < -0.39 is 6.10 Å². The Balaban J connectivity index is 1.77. The third kappa shape index (κ3) is 2.33. The van der Waals surface area contributed by atoms with E-state index in [1.165, 1.54) is 19.3 Å². The van der Waals surface area contributed by atoms with Crippen molar-refractivity contribution >= 4 is 0 Å². The Hall–Kier alpha value is -1.07. The van der Waals surface area contributed by atoms with Crippen LogP contribution in [-0.4, -0.2) is 47.5 Å². The fourth-order valence-electron chi connectivity index (χ4n) is 3.83. The zero-order chi connectivity index (χ0) is 14.3. The van der Waals surface area contributed by atoms with Crippen molar-refractivity contribution in [2.75, 3.05) is 27.7 Å². The van der Waals surface area contributed by atoms with Crippen LogP contribution in [0.3, 0.4) is 0 Å². The van der Waals surface area contributed by atoms with Crippen LogP contribution in [0.2, 0.25) is 0 Å². The first-order chi connectivity index (χ1) is 9.63. The molecule has 0 radical (unpaired) electrons. The van der Waals surface area contributed by atoms with E-state index in [0.717, 1.165) is 36.4 Å². The van der Waals surface area contributed by atoms with Gasteiger partial charge in [-0.25, -0.2) is 0 Å².